The molecule has 1 aliphatic carbocycles. The Bertz CT molecular complexity index is 210. The molecule has 0 saturated heterocycles. The lowest BCUT2D eigenvalue weighted by Crippen LogP contribution is -2.44. The van der Waals surface area contributed by atoms with E-state index in [1.54, 1.807) is 11.8 Å². The van der Waals surface area contributed by atoms with Gasteiger partial charge in [-0.15, -0.1) is 0 Å². The number of hydrogen-bond donors (Lipinski definition) is 2. The van der Waals surface area contributed by atoms with Gasteiger partial charge in [0.05, 0.1) is 6.04 Å². The molecule has 0 fully saturated rings. The van der Waals surface area contributed by atoms with Crippen molar-refractivity contribution in [1.82, 2.24) is 5.32 Å². The maximum absolute atomic E-state index is 11.5. The number of amides is 1. The molecule has 1 aliphatic rings. The summed E-state index contributed by atoms with van der Waals surface area (Å²) in [6, 6.07) is -0.0640. The molecule has 3 nitrogen and oxygen atoms in total. The lowest BCUT2D eigenvalue weighted by atomic mass is 10.2. The molecule has 0 unspecified atom stereocenters. The number of hydrogen-bond acceptors (Lipinski definition) is 3. The molecule has 0 spiro atoms. The zero-order valence-corrected chi connectivity index (χ0v) is 9.35. The van der Waals surface area contributed by atoms with Crippen molar-refractivity contribution >= 4 is 17.7 Å². The van der Waals surface area contributed by atoms with E-state index in [9.17, 15) is 4.79 Å². The normalized spacial score (nSPS) is 18.4. The van der Waals surface area contributed by atoms with Gasteiger partial charge in [0, 0.05) is 6.04 Å². The van der Waals surface area contributed by atoms with E-state index in [4.69, 9.17) is 5.73 Å². The summed E-state index contributed by atoms with van der Waals surface area (Å²) in [5.41, 5.74) is 5.74. The molecule has 0 aromatic carbocycles. The number of nitrogens with one attached hydrogen (secondary N) is 1. The van der Waals surface area contributed by atoms with E-state index in [0.717, 1.165) is 25.0 Å². The van der Waals surface area contributed by atoms with Crippen LogP contribution < -0.4 is 11.1 Å². The second kappa shape index (κ2) is 6.09. The van der Waals surface area contributed by atoms with E-state index in [-0.39, 0.29) is 18.0 Å². The third kappa shape index (κ3) is 3.72. The molecule has 0 heterocycles. The van der Waals surface area contributed by atoms with E-state index >= 15 is 0 Å². The first kappa shape index (κ1) is 11.6. The van der Waals surface area contributed by atoms with Gasteiger partial charge in [-0.25, -0.2) is 0 Å². The Kier molecular flexibility index (Phi) is 5.04. The SMILES string of the molecule is CSCC[C@H](N)C(=O)NC1CC=CC1. The van der Waals surface area contributed by atoms with Gasteiger partial charge in [-0.05, 0) is 31.3 Å². The van der Waals surface area contributed by atoms with E-state index in [1.807, 2.05) is 6.26 Å². The Morgan fingerprint density at radius 3 is 2.86 bits per heavy atom. The second-order valence-electron chi connectivity index (χ2n) is 3.54. The minimum Gasteiger partial charge on any atom is -0.351 e. The largest absolute Gasteiger partial charge is 0.351 e. The molecule has 0 saturated carbocycles. The van der Waals surface area contributed by atoms with Crippen LogP contribution in [0.3, 0.4) is 0 Å². The summed E-state index contributed by atoms with van der Waals surface area (Å²) in [7, 11) is 0. The topological polar surface area (TPSA) is 55.1 Å². The van der Waals surface area contributed by atoms with Crippen molar-refractivity contribution in [3.05, 3.63) is 12.2 Å². The van der Waals surface area contributed by atoms with Gasteiger partial charge in [0.25, 0.3) is 0 Å². The second-order valence-corrected chi connectivity index (χ2v) is 4.52. The molecule has 0 radical (unpaired) electrons. The number of nitrogens with two attached hydrogens (primary N) is 1. The standard InChI is InChI=1S/C10H18N2OS/c1-14-7-6-9(11)10(13)12-8-4-2-3-5-8/h2-3,8-9H,4-7,11H2,1H3,(H,12,13)/t9-/m0/s1. The van der Waals surface area contributed by atoms with Gasteiger partial charge in [0.1, 0.15) is 0 Å². The van der Waals surface area contributed by atoms with Gasteiger partial charge in [-0.2, -0.15) is 11.8 Å². The van der Waals surface area contributed by atoms with Crippen molar-refractivity contribution < 1.29 is 4.79 Å². The predicted octanol–water partition coefficient (Wildman–Crippen LogP) is 0.902. The number of carbonyl (C=O) groups is 1. The molecule has 14 heavy (non-hydrogen) atoms. The third-order valence-corrected chi connectivity index (χ3v) is 2.97. The van der Waals surface area contributed by atoms with Gasteiger partial charge in [0.2, 0.25) is 5.91 Å². The van der Waals surface area contributed by atoms with Crippen molar-refractivity contribution in [3.63, 3.8) is 0 Å². The van der Waals surface area contributed by atoms with Gasteiger partial charge in [-0.3, -0.25) is 4.79 Å². The van der Waals surface area contributed by atoms with Crippen LogP contribution in [0.15, 0.2) is 12.2 Å². The van der Waals surface area contributed by atoms with Crippen LogP contribution in [-0.2, 0) is 4.79 Å². The molecule has 0 aliphatic heterocycles. The first-order chi connectivity index (χ1) is 6.74. The molecule has 0 bridgehead atoms. The van der Waals surface area contributed by atoms with Crippen LogP contribution in [0, 0.1) is 0 Å². The summed E-state index contributed by atoms with van der Waals surface area (Å²) in [6.45, 7) is 0. The Hall–Kier alpha value is -0.480. The predicted molar refractivity (Wildman–Crippen MR) is 61.3 cm³/mol. The van der Waals surface area contributed by atoms with Gasteiger partial charge in [-0.1, -0.05) is 12.2 Å². The van der Waals surface area contributed by atoms with Crippen molar-refractivity contribution in [2.45, 2.75) is 31.3 Å². The monoisotopic (exact) mass is 214 g/mol. The zero-order valence-electron chi connectivity index (χ0n) is 8.53. The highest BCUT2D eigenvalue weighted by atomic mass is 32.2. The smallest absolute Gasteiger partial charge is 0.237 e. The summed E-state index contributed by atoms with van der Waals surface area (Å²) < 4.78 is 0. The van der Waals surface area contributed by atoms with Gasteiger partial charge in [0.15, 0.2) is 0 Å². The Labute approximate surface area is 89.5 Å². The molecule has 1 amide bonds. The van der Waals surface area contributed by atoms with Crippen LogP contribution in [0.1, 0.15) is 19.3 Å². The van der Waals surface area contributed by atoms with E-state index in [1.165, 1.54) is 0 Å². The lowest BCUT2D eigenvalue weighted by Gasteiger charge is -2.16. The summed E-state index contributed by atoms with van der Waals surface area (Å²) in [5.74, 6) is 0.935. The van der Waals surface area contributed by atoms with E-state index in [0.29, 0.717) is 0 Å². The minimum absolute atomic E-state index is 0.00671. The lowest BCUT2D eigenvalue weighted by molar-refractivity contribution is -0.123. The van der Waals surface area contributed by atoms with Crippen molar-refractivity contribution in [2.75, 3.05) is 12.0 Å². The van der Waals surface area contributed by atoms with Crippen molar-refractivity contribution in [2.24, 2.45) is 5.73 Å². The fourth-order valence-electron chi connectivity index (χ4n) is 1.42. The molecule has 0 aromatic rings. The van der Waals surface area contributed by atoms with Gasteiger partial charge >= 0.3 is 0 Å². The maximum atomic E-state index is 11.5. The van der Waals surface area contributed by atoms with Crippen LogP contribution in [0.2, 0.25) is 0 Å². The van der Waals surface area contributed by atoms with E-state index in [2.05, 4.69) is 17.5 Å². The van der Waals surface area contributed by atoms with E-state index < -0.39 is 0 Å². The Balaban J connectivity index is 2.19. The highest BCUT2D eigenvalue weighted by Crippen LogP contribution is 2.09. The van der Waals surface area contributed by atoms with Crippen molar-refractivity contribution in [1.29, 1.82) is 0 Å². The van der Waals surface area contributed by atoms with Crippen LogP contribution in [-0.4, -0.2) is 30.0 Å². The highest BCUT2D eigenvalue weighted by molar-refractivity contribution is 7.98. The van der Waals surface area contributed by atoms with Crippen LogP contribution in [0.4, 0.5) is 0 Å². The number of carbonyl (C=O) groups excluding carboxylic acids is 1. The first-order valence-corrected chi connectivity index (χ1v) is 6.33. The number of thioether (sulfide) groups is 1. The third-order valence-electron chi connectivity index (χ3n) is 2.32. The Morgan fingerprint density at radius 2 is 2.29 bits per heavy atom. The molecule has 1 atom stereocenters. The van der Waals surface area contributed by atoms with Crippen LogP contribution in [0.25, 0.3) is 0 Å². The molecule has 1 rings (SSSR count). The summed E-state index contributed by atoms with van der Waals surface area (Å²) in [5, 5.41) is 2.95. The summed E-state index contributed by atoms with van der Waals surface area (Å²) in [6.07, 6.45) is 8.86. The fourth-order valence-corrected chi connectivity index (χ4v) is 1.91. The minimum atomic E-state index is -0.344. The van der Waals surface area contributed by atoms with Gasteiger partial charge < -0.3 is 11.1 Å². The number of rotatable bonds is 5. The molecule has 80 valence electrons. The molecule has 0 aromatic heterocycles. The highest BCUT2D eigenvalue weighted by Gasteiger charge is 2.17. The first-order valence-electron chi connectivity index (χ1n) is 4.94. The molecule has 3 N–H and O–H groups in total. The molecule has 4 heteroatoms. The zero-order chi connectivity index (χ0) is 10.4. The maximum Gasteiger partial charge on any atom is 0.237 e. The Morgan fingerprint density at radius 1 is 1.64 bits per heavy atom. The van der Waals surface area contributed by atoms with Crippen molar-refractivity contribution in [3.8, 4) is 0 Å². The fraction of sp³-hybridized carbons (Fsp3) is 0.700. The summed E-state index contributed by atoms with van der Waals surface area (Å²) in [4.78, 5) is 11.5. The van der Waals surface area contributed by atoms with Crippen LogP contribution in [0.5, 0.6) is 0 Å². The summed E-state index contributed by atoms with van der Waals surface area (Å²) >= 11 is 1.72. The molecular weight excluding hydrogens is 196 g/mol. The van der Waals surface area contributed by atoms with Crippen LogP contribution >= 0.6 is 11.8 Å². The quantitative estimate of drug-likeness (QED) is 0.669. The average Bonchev–Trinajstić information content (AvgIpc) is 2.66. The molecular formula is C10H18N2OS. The average molecular weight is 214 g/mol.